The molecule has 0 radical (unpaired) electrons. The summed E-state index contributed by atoms with van der Waals surface area (Å²) in [5.74, 6) is 0. The van der Waals surface area contributed by atoms with Crippen LogP contribution in [0.4, 0.5) is 13.2 Å². The zero-order valence-corrected chi connectivity index (χ0v) is 8.98. The van der Waals surface area contributed by atoms with Gasteiger partial charge < -0.3 is 10.1 Å². The van der Waals surface area contributed by atoms with Crippen molar-refractivity contribution in [3.8, 4) is 0 Å². The van der Waals surface area contributed by atoms with E-state index in [1.54, 1.807) is 6.92 Å². The predicted octanol–water partition coefficient (Wildman–Crippen LogP) is 2.34. The summed E-state index contributed by atoms with van der Waals surface area (Å²) >= 11 is 0. The smallest absolute Gasteiger partial charge is 0.365 e. The lowest BCUT2D eigenvalue weighted by Gasteiger charge is -2.22. The third-order valence-electron chi connectivity index (χ3n) is 1.71. The second-order valence-corrected chi connectivity index (χ2v) is 3.69. The summed E-state index contributed by atoms with van der Waals surface area (Å²) in [6.07, 6.45) is -6.41. The third-order valence-corrected chi connectivity index (χ3v) is 1.71. The molecule has 0 heterocycles. The van der Waals surface area contributed by atoms with E-state index < -0.39 is 18.4 Å². The first-order chi connectivity index (χ1) is 6.23. The fourth-order valence-electron chi connectivity index (χ4n) is 0.875. The molecule has 2 nitrogen and oxygen atoms in total. The Hall–Kier alpha value is -0.290. The molecule has 5 heteroatoms. The van der Waals surface area contributed by atoms with Crippen LogP contribution in [0.3, 0.4) is 0 Å². The molecule has 0 aliphatic carbocycles. The Morgan fingerprint density at radius 1 is 1.14 bits per heavy atom. The van der Waals surface area contributed by atoms with Crippen molar-refractivity contribution in [3.05, 3.63) is 0 Å². The topological polar surface area (TPSA) is 21.3 Å². The van der Waals surface area contributed by atoms with Crippen molar-refractivity contribution in [1.29, 1.82) is 0 Å². The molecule has 14 heavy (non-hydrogen) atoms. The van der Waals surface area contributed by atoms with Crippen LogP contribution in [0.2, 0.25) is 0 Å². The molecule has 0 saturated carbocycles. The number of rotatable bonds is 5. The molecule has 0 spiro atoms. The van der Waals surface area contributed by atoms with Gasteiger partial charge in [-0.3, -0.25) is 0 Å². The normalized spacial score (nSPS) is 17.1. The van der Waals surface area contributed by atoms with Crippen LogP contribution in [0.5, 0.6) is 0 Å². The van der Waals surface area contributed by atoms with Crippen molar-refractivity contribution in [3.63, 3.8) is 0 Å². The highest BCUT2D eigenvalue weighted by Crippen LogP contribution is 2.23. The molecular formula is C9H18F3NO. The van der Waals surface area contributed by atoms with Crippen LogP contribution in [0.1, 0.15) is 27.7 Å². The molecule has 0 fully saturated rings. The van der Waals surface area contributed by atoms with Gasteiger partial charge in [0.15, 0.2) is 6.10 Å². The highest BCUT2D eigenvalue weighted by Gasteiger charge is 2.37. The van der Waals surface area contributed by atoms with Crippen molar-refractivity contribution < 1.29 is 17.9 Å². The molecule has 1 N–H and O–H groups in total. The minimum absolute atomic E-state index is 0.252. The van der Waals surface area contributed by atoms with Gasteiger partial charge in [0.1, 0.15) is 0 Å². The summed E-state index contributed by atoms with van der Waals surface area (Å²) in [5, 5.41) is 3.01. The average molecular weight is 213 g/mol. The van der Waals surface area contributed by atoms with Gasteiger partial charge in [-0.15, -0.1) is 0 Å². The van der Waals surface area contributed by atoms with Crippen LogP contribution in [0.15, 0.2) is 0 Å². The first-order valence-corrected chi connectivity index (χ1v) is 4.69. The van der Waals surface area contributed by atoms with Gasteiger partial charge in [0.25, 0.3) is 0 Å². The van der Waals surface area contributed by atoms with Crippen LogP contribution in [0.25, 0.3) is 0 Å². The molecule has 0 aromatic rings. The van der Waals surface area contributed by atoms with Crippen LogP contribution in [0, 0.1) is 0 Å². The zero-order valence-electron chi connectivity index (χ0n) is 8.98. The lowest BCUT2D eigenvalue weighted by atomic mass is 10.3. The summed E-state index contributed by atoms with van der Waals surface area (Å²) < 4.78 is 41.0. The Labute approximate surface area is 82.8 Å². The van der Waals surface area contributed by atoms with E-state index in [2.05, 4.69) is 5.32 Å². The lowest BCUT2D eigenvalue weighted by Crippen LogP contribution is -2.37. The maximum atomic E-state index is 12.1. The van der Waals surface area contributed by atoms with E-state index in [-0.39, 0.29) is 6.04 Å². The van der Waals surface area contributed by atoms with Crippen molar-refractivity contribution in [2.45, 2.75) is 52.1 Å². The molecule has 0 rings (SSSR count). The molecule has 0 amide bonds. The van der Waals surface area contributed by atoms with Crippen molar-refractivity contribution in [1.82, 2.24) is 5.32 Å². The van der Waals surface area contributed by atoms with Crippen molar-refractivity contribution >= 4 is 0 Å². The second-order valence-electron chi connectivity index (χ2n) is 3.69. The number of hydrogen-bond donors (Lipinski definition) is 1. The molecule has 0 saturated heterocycles. The van der Waals surface area contributed by atoms with Crippen molar-refractivity contribution in [2.75, 3.05) is 6.54 Å². The minimum Gasteiger partial charge on any atom is -0.365 e. The monoisotopic (exact) mass is 213 g/mol. The number of halogens is 3. The first-order valence-electron chi connectivity index (χ1n) is 4.69. The standard InChI is InChI=1S/C9H18F3NO/c1-6(2)13-5-7(3)14-8(4)9(10,11)12/h6-8,13H,5H2,1-4H3. The van der Waals surface area contributed by atoms with E-state index in [4.69, 9.17) is 4.74 Å². The Morgan fingerprint density at radius 3 is 2.00 bits per heavy atom. The summed E-state index contributed by atoms with van der Waals surface area (Å²) in [4.78, 5) is 0. The van der Waals surface area contributed by atoms with Gasteiger partial charge in [-0.1, -0.05) is 13.8 Å². The summed E-state index contributed by atoms with van der Waals surface area (Å²) in [6.45, 7) is 6.93. The van der Waals surface area contributed by atoms with Gasteiger partial charge in [-0.2, -0.15) is 13.2 Å². The minimum atomic E-state index is -4.27. The van der Waals surface area contributed by atoms with E-state index in [9.17, 15) is 13.2 Å². The van der Waals surface area contributed by atoms with Crippen LogP contribution >= 0.6 is 0 Å². The zero-order chi connectivity index (χ0) is 11.4. The van der Waals surface area contributed by atoms with Gasteiger partial charge in [-0.05, 0) is 13.8 Å². The fraction of sp³-hybridized carbons (Fsp3) is 1.00. The largest absolute Gasteiger partial charge is 0.414 e. The number of nitrogens with one attached hydrogen (secondary N) is 1. The summed E-state index contributed by atoms with van der Waals surface area (Å²) in [6, 6.07) is 0.252. The summed E-state index contributed by atoms with van der Waals surface area (Å²) in [5.41, 5.74) is 0. The molecule has 0 aliphatic rings. The Kier molecular flexibility index (Phi) is 5.44. The highest BCUT2D eigenvalue weighted by atomic mass is 19.4. The molecule has 0 aliphatic heterocycles. The first kappa shape index (κ1) is 13.7. The predicted molar refractivity (Wildman–Crippen MR) is 49.2 cm³/mol. The SMILES string of the molecule is CC(C)NCC(C)OC(C)C(F)(F)F. The molecule has 0 bridgehead atoms. The van der Waals surface area contributed by atoms with Crippen molar-refractivity contribution in [2.24, 2.45) is 0 Å². The molecular weight excluding hydrogens is 195 g/mol. The Morgan fingerprint density at radius 2 is 1.64 bits per heavy atom. The maximum Gasteiger partial charge on any atom is 0.414 e. The van der Waals surface area contributed by atoms with Crippen LogP contribution in [-0.2, 0) is 4.74 Å². The molecule has 0 aromatic heterocycles. The van der Waals surface area contributed by atoms with Gasteiger partial charge in [0.2, 0.25) is 0 Å². The fourth-order valence-corrected chi connectivity index (χ4v) is 0.875. The van der Waals surface area contributed by atoms with E-state index in [1.807, 2.05) is 13.8 Å². The summed E-state index contributed by atoms with van der Waals surface area (Å²) in [7, 11) is 0. The number of hydrogen-bond acceptors (Lipinski definition) is 2. The van der Waals surface area contributed by atoms with Gasteiger partial charge in [-0.25, -0.2) is 0 Å². The van der Waals surface area contributed by atoms with Crippen LogP contribution in [-0.4, -0.2) is 31.0 Å². The van der Waals surface area contributed by atoms with E-state index >= 15 is 0 Å². The van der Waals surface area contributed by atoms with Gasteiger partial charge in [0.05, 0.1) is 6.10 Å². The average Bonchev–Trinajstić information content (AvgIpc) is 1.99. The molecule has 2 atom stereocenters. The number of alkyl halides is 3. The van der Waals surface area contributed by atoms with E-state index in [1.165, 1.54) is 0 Å². The molecule has 86 valence electrons. The van der Waals surface area contributed by atoms with E-state index in [0.29, 0.717) is 6.54 Å². The Balaban J connectivity index is 3.77. The van der Waals surface area contributed by atoms with E-state index in [0.717, 1.165) is 6.92 Å². The van der Waals surface area contributed by atoms with Gasteiger partial charge in [0, 0.05) is 12.6 Å². The second kappa shape index (κ2) is 5.56. The quantitative estimate of drug-likeness (QED) is 0.756. The highest BCUT2D eigenvalue weighted by molar-refractivity contribution is 4.65. The maximum absolute atomic E-state index is 12.1. The Bertz CT molecular complexity index is 159. The lowest BCUT2D eigenvalue weighted by molar-refractivity contribution is -0.224. The van der Waals surface area contributed by atoms with Gasteiger partial charge >= 0.3 is 6.18 Å². The van der Waals surface area contributed by atoms with Crippen LogP contribution < -0.4 is 5.32 Å². The molecule has 2 unspecified atom stereocenters. The third kappa shape index (κ3) is 6.21. The number of ether oxygens (including phenoxy) is 1. The molecule has 0 aromatic carbocycles.